The molecule has 0 aliphatic carbocycles. The van der Waals surface area contributed by atoms with Gasteiger partial charge in [0.1, 0.15) is 5.69 Å². The number of aromatic nitrogens is 4. The molecule has 10 heteroatoms. The Labute approximate surface area is 168 Å². The summed E-state index contributed by atoms with van der Waals surface area (Å²) in [5.74, 6) is 1.26. The number of hydrogen-bond donors (Lipinski definition) is 1. The van der Waals surface area contributed by atoms with E-state index in [1.165, 1.54) is 6.26 Å². The minimum atomic E-state index is -3.20. The topological polar surface area (TPSA) is 93.0 Å². The molecule has 1 saturated heterocycles. The van der Waals surface area contributed by atoms with Gasteiger partial charge in [0.15, 0.2) is 5.82 Å². The van der Waals surface area contributed by atoms with Gasteiger partial charge >= 0.3 is 0 Å². The third-order valence-corrected chi connectivity index (χ3v) is 5.93. The summed E-state index contributed by atoms with van der Waals surface area (Å²) in [7, 11) is -1.26. The number of hydrogen-bond acceptors (Lipinski definition) is 6. The number of nitrogens with zero attached hydrogens (tertiary/aromatic N) is 5. The van der Waals surface area contributed by atoms with Crippen LogP contribution in [0, 0.1) is 0 Å². The van der Waals surface area contributed by atoms with E-state index in [2.05, 4.69) is 19.7 Å². The van der Waals surface area contributed by atoms with Crippen LogP contribution in [0.2, 0.25) is 5.02 Å². The average molecular weight is 421 g/mol. The fraction of sp³-hybridized carbons (Fsp3) is 0.389. The van der Waals surface area contributed by atoms with E-state index in [0.29, 0.717) is 48.4 Å². The van der Waals surface area contributed by atoms with Gasteiger partial charge in [0, 0.05) is 26.2 Å². The lowest BCUT2D eigenvalue weighted by Crippen LogP contribution is -2.44. The van der Waals surface area contributed by atoms with Crippen molar-refractivity contribution in [1.82, 2.24) is 24.2 Å². The van der Waals surface area contributed by atoms with Crippen molar-refractivity contribution in [3.8, 4) is 11.5 Å². The quantitative estimate of drug-likeness (QED) is 0.695. The van der Waals surface area contributed by atoms with E-state index in [-0.39, 0.29) is 6.04 Å². The number of benzene rings is 1. The highest BCUT2D eigenvalue weighted by atomic mass is 35.5. The molecule has 0 unspecified atom stereocenters. The molecule has 1 aliphatic heterocycles. The molecule has 0 saturated carbocycles. The summed E-state index contributed by atoms with van der Waals surface area (Å²) in [4.78, 5) is 15.8. The third kappa shape index (κ3) is 3.82. The number of aryl methyl sites for hydroxylation is 1. The molecular formula is C18H21ClN6O2S. The highest BCUT2D eigenvalue weighted by Gasteiger charge is 2.24. The minimum absolute atomic E-state index is 0.0575. The Kier molecular flexibility index (Phi) is 4.98. The highest BCUT2D eigenvalue weighted by molar-refractivity contribution is 7.88. The van der Waals surface area contributed by atoms with Crippen LogP contribution in [0.25, 0.3) is 22.6 Å². The van der Waals surface area contributed by atoms with E-state index in [9.17, 15) is 8.42 Å². The zero-order valence-corrected chi connectivity index (χ0v) is 17.2. The van der Waals surface area contributed by atoms with Gasteiger partial charge in [0.2, 0.25) is 16.0 Å². The summed E-state index contributed by atoms with van der Waals surface area (Å²) in [6, 6.07) is 7.81. The first-order chi connectivity index (χ1) is 13.3. The van der Waals surface area contributed by atoms with Gasteiger partial charge in [0.05, 0.1) is 28.5 Å². The molecule has 3 aromatic rings. The van der Waals surface area contributed by atoms with E-state index in [0.717, 1.165) is 11.0 Å². The van der Waals surface area contributed by atoms with Crippen LogP contribution in [0.1, 0.15) is 12.8 Å². The lowest BCUT2D eigenvalue weighted by molar-refractivity contribution is 0.458. The molecule has 0 amide bonds. The fourth-order valence-corrected chi connectivity index (χ4v) is 4.54. The Morgan fingerprint density at radius 2 is 1.89 bits per heavy atom. The maximum Gasteiger partial charge on any atom is 0.226 e. The molecule has 0 radical (unpaired) electrons. The second-order valence-corrected chi connectivity index (χ2v) is 9.19. The first-order valence-electron chi connectivity index (χ1n) is 8.98. The van der Waals surface area contributed by atoms with Gasteiger partial charge in [-0.3, -0.25) is 0 Å². The summed E-state index contributed by atoms with van der Waals surface area (Å²) >= 11 is 6.39. The SMILES string of the molecule is Cn1c(-c2nc(N3CCC(NS(C)(=O)=O)CC3)ncc2Cl)nc2ccccc21. The molecule has 1 fully saturated rings. The number of anilines is 1. The van der Waals surface area contributed by atoms with Crippen LogP contribution in [0.3, 0.4) is 0 Å². The molecule has 0 spiro atoms. The van der Waals surface area contributed by atoms with Crippen molar-refractivity contribution in [2.45, 2.75) is 18.9 Å². The highest BCUT2D eigenvalue weighted by Crippen LogP contribution is 2.29. The maximum atomic E-state index is 11.4. The van der Waals surface area contributed by atoms with Crippen molar-refractivity contribution in [2.75, 3.05) is 24.2 Å². The van der Waals surface area contributed by atoms with Crippen molar-refractivity contribution in [1.29, 1.82) is 0 Å². The van der Waals surface area contributed by atoms with Crippen LogP contribution in [0.5, 0.6) is 0 Å². The van der Waals surface area contributed by atoms with Crippen molar-refractivity contribution < 1.29 is 8.42 Å². The van der Waals surface area contributed by atoms with Crippen molar-refractivity contribution in [3.63, 3.8) is 0 Å². The Bertz CT molecular complexity index is 1120. The molecule has 8 nitrogen and oxygen atoms in total. The molecule has 3 heterocycles. The van der Waals surface area contributed by atoms with Gasteiger partial charge in [-0.2, -0.15) is 0 Å². The van der Waals surface area contributed by atoms with Crippen LogP contribution in [-0.2, 0) is 17.1 Å². The zero-order chi connectivity index (χ0) is 19.9. The summed E-state index contributed by atoms with van der Waals surface area (Å²) < 4.78 is 27.5. The maximum absolute atomic E-state index is 11.4. The van der Waals surface area contributed by atoms with Crippen LogP contribution < -0.4 is 9.62 Å². The molecule has 2 aromatic heterocycles. The molecule has 1 aliphatic rings. The standard InChI is InChI=1S/C18H21ClN6O2S/c1-24-15-6-4-3-5-14(15)21-17(24)16-13(19)11-20-18(22-16)25-9-7-12(8-10-25)23-28(2,26)27/h3-6,11-12,23H,7-10H2,1-2H3. The summed E-state index contributed by atoms with van der Waals surface area (Å²) in [5, 5.41) is 0.441. The van der Waals surface area contributed by atoms with Crippen LogP contribution in [-0.4, -0.2) is 53.3 Å². The minimum Gasteiger partial charge on any atom is -0.341 e. The molecule has 148 valence electrons. The van der Waals surface area contributed by atoms with E-state index in [1.54, 1.807) is 6.20 Å². The summed E-state index contributed by atoms with van der Waals surface area (Å²) in [5.41, 5.74) is 2.46. The Hall–Kier alpha value is -2.23. The Balaban J connectivity index is 1.60. The number of nitrogens with one attached hydrogen (secondary N) is 1. The van der Waals surface area contributed by atoms with E-state index in [1.807, 2.05) is 40.8 Å². The molecule has 1 aromatic carbocycles. The predicted octanol–water partition coefficient (Wildman–Crippen LogP) is 2.20. The van der Waals surface area contributed by atoms with Crippen LogP contribution >= 0.6 is 11.6 Å². The van der Waals surface area contributed by atoms with E-state index >= 15 is 0 Å². The van der Waals surface area contributed by atoms with Gasteiger partial charge in [-0.1, -0.05) is 23.7 Å². The van der Waals surface area contributed by atoms with Gasteiger partial charge in [-0.15, -0.1) is 0 Å². The number of piperidine rings is 1. The number of sulfonamides is 1. The molecular weight excluding hydrogens is 400 g/mol. The number of rotatable bonds is 4. The second kappa shape index (κ2) is 7.31. The third-order valence-electron chi connectivity index (χ3n) is 4.89. The van der Waals surface area contributed by atoms with Gasteiger partial charge in [0.25, 0.3) is 0 Å². The fourth-order valence-electron chi connectivity index (χ4n) is 3.52. The van der Waals surface area contributed by atoms with Crippen molar-refractivity contribution >= 4 is 38.6 Å². The number of para-hydroxylation sites is 2. The van der Waals surface area contributed by atoms with Gasteiger partial charge < -0.3 is 9.47 Å². The molecule has 1 N–H and O–H groups in total. The first-order valence-corrected chi connectivity index (χ1v) is 11.3. The smallest absolute Gasteiger partial charge is 0.226 e. The Morgan fingerprint density at radius 1 is 1.18 bits per heavy atom. The lowest BCUT2D eigenvalue weighted by atomic mass is 10.1. The number of imidazole rings is 1. The normalized spacial score (nSPS) is 16.0. The van der Waals surface area contributed by atoms with Crippen LogP contribution in [0.15, 0.2) is 30.5 Å². The van der Waals surface area contributed by atoms with Crippen molar-refractivity contribution in [2.24, 2.45) is 7.05 Å². The second-order valence-electron chi connectivity index (χ2n) is 7.00. The first kappa shape index (κ1) is 19.1. The zero-order valence-electron chi connectivity index (χ0n) is 15.6. The molecule has 0 bridgehead atoms. The predicted molar refractivity (Wildman–Crippen MR) is 110 cm³/mol. The molecule has 4 rings (SSSR count). The summed E-state index contributed by atoms with van der Waals surface area (Å²) in [6.45, 7) is 1.33. The van der Waals surface area contributed by atoms with Crippen LogP contribution in [0.4, 0.5) is 5.95 Å². The Morgan fingerprint density at radius 3 is 2.57 bits per heavy atom. The molecule has 0 atom stereocenters. The van der Waals surface area contributed by atoms with E-state index in [4.69, 9.17) is 11.6 Å². The monoisotopic (exact) mass is 420 g/mol. The average Bonchev–Trinajstić information content (AvgIpc) is 2.99. The van der Waals surface area contributed by atoms with E-state index < -0.39 is 10.0 Å². The number of halogens is 1. The molecule has 28 heavy (non-hydrogen) atoms. The van der Waals surface area contributed by atoms with Gasteiger partial charge in [-0.25, -0.2) is 28.1 Å². The van der Waals surface area contributed by atoms with Gasteiger partial charge in [-0.05, 0) is 25.0 Å². The summed E-state index contributed by atoms with van der Waals surface area (Å²) in [6.07, 6.45) is 4.17. The largest absolute Gasteiger partial charge is 0.341 e. The number of fused-ring (bicyclic) bond motifs is 1. The lowest BCUT2D eigenvalue weighted by Gasteiger charge is -2.32. The van der Waals surface area contributed by atoms with Crippen molar-refractivity contribution in [3.05, 3.63) is 35.5 Å².